The molecule has 1 N–H and O–H groups in total. The molecule has 2 rings (SSSR count). The minimum Gasteiger partial charge on any atom is -0.388 e. The molecule has 1 aliphatic rings. The predicted molar refractivity (Wildman–Crippen MR) is 82.7 cm³/mol. The molecule has 0 aliphatic carbocycles. The number of aryl methyl sites for hydroxylation is 2. The smallest absolute Gasteiger partial charge is 0.176 e. The SMILES string of the molecule is Cc1ccc(C(=O)CN(C)CC2(O)CCOCC2)cc1C. The Morgan fingerprint density at radius 3 is 2.57 bits per heavy atom. The van der Waals surface area contributed by atoms with Crippen molar-refractivity contribution in [1.82, 2.24) is 4.90 Å². The van der Waals surface area contributed by atoms with E-state index in [1.807, 2.05) is 44.0 Å². The lowest BCUT2D eigenvalue weighted by Gasteiger charge is -2.35. The summed E-state index contributed by atoms with van der Waals surface area (Å²) < 4.78 is 5.28. The van der Waals surface area contributed by atoms with Gasteiger partial charge in [-0.05, 0) is 38.1 Å². The maximum Gasteiger partial charge on any atom is 0.176 e. The Labute approximate surface area is 126 Å². The van der Waals surface area contributed by atoms with Crippen molar-refractivity contribution in [2.45, 2.75) is 32.3 Å². The van der Waals surface area contributed by atoms with Gasteiger partial charge in [-0.2, -0.15) is 0 Å². The number of likely N-dealkylation sites (N-methyl/N-ethyl adjacent to an activating group) is 1. The van der Waals surface area contributed by atoms with Gasteiger partial charge in [0.25, 0.3) is 0 Å². The normalized spacial score (nSPS) is 18.0. The highest BCUT2D eigenvalue weighted by Gasteiger charge is 2.31. The highest BCUT2D eigenvalue weighted by atomic mass is 16.5. The second kappa shape index (κ2) is 6.69. The van der Waals surface area contributed by atoms with Crippen molar-refractivity contribution < 1.29 is 14.6 Å². The molecule has 1 heterocycles. The number of carbonyl (C=O) groups is 1. The topological polar surface area (TPSA) is 49.8 Å². The second-order valence-corrected chi connectivity index (χ2v) is 6.23. The molecule has 116 valence electrons. The molecule has 0 aromatic heterocycles. The molecule has 0 spiro atoms. The summed E-state index contributed by atoms with van der Waals surface area (Å²) >= 11 is 0. The Balaban J connectivity index is 1.93. The van der Waals surface area contributed by atoms with E-state index in [0.29, 0.717) is 39.1 Å². The first-order valence-corrected chi connectivity index (χ1v) is 7.49. The fourth-order valence-electron chi connectivity index (χ4n) is 2.72. The van der Waals surface area contributed by atoms with Crippen molar-refractivity contribution in [2.24, 2.45) is 0 Å². The standard InChI is InChI=1S/C17H25NO3/c1-13-4-5-15(10-14(13)2)16(19)11-18(3)12-17(20)6-8-21-9-7-17/h4-5,10,20H,6-9,11-12H2,1-3H3. The molecule has 1 saturated heterocycles. The molecule has 0 amide bonds. The van der Waals surface area contributed by atoms with Crippen LogP contribution in [0.4, 0.5) is 0 Å². The van der Waals surface area contributed by atoms with Gasteiger partial charge in [-0.15, -0.1) is 0 Å². The molecule has 1 aliphatic heterocycles. The maximum atomic E-state index is 12.3. The number of hydrogen-bond acceptors (Lipinski definition) is 4. The van der Waals surface area contributed by atoms with Gasteiger partial charge in [0.2, 0.25) is 0 Å². The van der Waals surface area contributed by atoms with Crippen molar-refractivity contribution in [1.29, 1.82) is 0 Å². The van der Waals surface area contributed by atoms with Crippen LogP contribution in [0, 0.1) is 13.8 Å². The average molecular weight is 291 g/mol. The van der Waals surface area contributed by atoms with Gasteiger partial charge in [0.05, 0.1) is 12.1 Å². The highest BCUT2D eigenvalue weighted by molar-refractivity contribution is 5.97. The number of nitrogens with zero attached hydrogens (tertiary/aromatic N) is 1. The maximum absolute atomic E-state index is 12.3. The number of ether oxygens (including phenoxy) is 1. The van der Waals surface area contributed by atoms with Crippen LogP contribution in [0.1, 0.15) is 34.3 Å². The number of rotatable bonds is 5. The van der Waals surface area contributed by atoms with Crippen LogP contribution in [0.2, 0.25) is 0 Å². The van der Waals surface area contributed by atoms with E-state index in [1.165, 1.54) is 5.56 Å². The van der Waals surface area contributed by atoms with Crippen LogP contribution in [-0.2, 0) is 4.74 Å². The van der Waals surface area contributed by atoms with Crippen LogP contribution in [0.3, 0.4) is 0 Å². The molecule has 1 aromatic rings. The van der Waals surface area contributed by atoms with Crippen LogP contribution in [-0.4, -0.2) is 54.7 Å². The summed E-state index contributed by atoms with van der Waals surface area (Å²) in [6.07, 6.45) is 1.27. The van der Waals surface area contributed by atoms with Gasteiger partial charge in [0.15, 0.2) is 5.78 Å². The van der Waals surface area contributed by atoms with Crippen LogP contribution in [0.15, 0.2) is 18.2 Å². The van der Waals surface area contributed by atoms with Gasteiger partial charge in [-0.3, -0.25) is 9.69 Å². The summed E-state index contributed by atoms with van der Waals surface area (Å²) in [5.74, 6) is 0.0938. The second-order valence-electron chi connectivity index (χ2n) is 6.23. The number of Topliss-reactive ketones (excluding diaryl/α,β-unsaturated/α-hetero) is 1. The number of carbonyl (C=O) groups excluding carboxylic acids is 1. The zero-order valence-corrected chi connectivity index (χ0v) is 13.2. The van der Waals surface area contributed by atoms with Crippen LogP contribution in [0.25, 0.3) is 0 Å². The number of hydrogen-bond donors (Lipinski definition) is 1. The Morgan fingerprint density at radius 1 is 1.29 bits per heavy atom. The third kappa shape index (κ3) is 4.37. The molecule has 0 bridgehead atoms. The van der Waals surface area contributed by atoms with E-state index in [4.69, 9.17) is 4.74 Å². The van der Waals surface area contributed by atoms with Crippen LogP contribution < -0.4 is 0 Å². The molecule has 0 unspecified atom stereocenters. The first-order valence-electron chi connectivity index (χ1n) is 7.49. The van der Waals surface area contributed by atoms with Gasteiger partial charge in [-0.1, -0.05) is 12.1 Å². The minimum absolute atomic E-state index is 0.0938. The summed E-state index contributed by atoms with van der Waals surface area (Å²) in [5.41, 5.74) is 2.34. The summed E-state index contributed by atoms with van der Waals surface area (Å²) in [4.78, 5) is 14.2. The quantitative estimate of drug-likeness (QED) is 0.843. The lowest BCUT2D eigenvalue weighted by molar-refractivity contribution is -0.0758. The predicted octanol–water partition coefficient (Wildman–Crippen LogP) is 1.96. The third-order valence-electron chi connectivity index (χ3n) is 4.23. The largest absolute Gasteiger partial charge is 0.388 e. The Kier molecular flexibility index (Phi) is 5.14. The van der Waals surface area contributed by atoms with Gasteiger partial charge >= 0.3 is 0 Å². The van der Waals surface area contributed by atoms with Gasteiger partial charge in [0.1, 0.15) is 0 Å². The lowest BCUT2D eigenvalue weighted by atomic mass is 9.93. The van der Waals surface area contributed by atoms with Crippen molar-refractivity contribution in [3.8, 4) is 0 Å². The fourth-order valence-corrected chi connectivity index (χ4v) is 2.72. The molecule has 0 atom stereocenters. The van der Waals surface area contributed by atoms with E-state index in [2.05, 4.69) is 0 Å². The molecule has 0 radical (unpaired) electrons. The summed E-state index contributed by atoms with van der Waals surface area (Å²) in [5, 5.41) is 10.5. The highest BCUT2D eigenvalue weighted by Crippen LogP contribution is 2.21. The van der Waals surface area contributed by atoms with E-state index in [0.717, 1.165) is 11.1 Å². The first-order chi connectivity index (χ1) is 9.89. The number of ketones is 1. The fraction of sp³-hybridized carbons (Fsp3) is 0.588. The third-order valence-corrected chi connectivity index (χ3v) is 4.23. The lowest BCUT2D eigenvalue weighted by Crippen LogP contribution is -2.46. The minimum atomic E-state index is -0.726. The Bertz CT molecular complexity index is 507. The Hall–Kier alpha value is -1.23. The average Bonchev–Trinajstić information content (AvgIpc) is 2.41. The molecule has 21 heavy (non-hydrogen) atoms. The van der Waals surface area contributed by atoms with E-state index in [1.54, 1.807) is 0 Å². The molecular weight excluding hydrogens is 266 g/mol. The van der Waals surface area contributed by atoms with E-state index in [-0.39, 0.29) is 5.78 Å². The van der Waals surface area contributed by atoms with E-state index in [9.17, 15) is 9.90 Å². The van der Waals surface area contributed by atoms with Crippen molar-refractivity contribution in [2.75, 3.05) is 33.4 Å². The molecule has 1 fully saturated rings. The van der Waals surface area contributed by atoms with Gasteiger partial charge in [-0.25, -0.2) is 0 Å². The van der Waals surface area contributed by atoms with E-state index < -0.39 is 5.60 Å². The monoisotopic (exact) mass is 291 g/mol. The first kappa shape index (κ1) is 16.1. The number of benzene rings is 1. The zero-order valence-electron chi connectivity index (χ0n) is 13.2. The van der Waals surface area contributed by atoms with Crippen molar-refractivity contribution in [3.05, 3.63) is 34.9 Å². The van der Waals surface area contributed by atoms with Crippen molar-refractivity contribution >= 4 is 5.78 Å². The summed E-state index contributed by atoms with van der Waals surface area (Å²) in [6.45, 7) is 6.07. The zero-order chi connectivity index (χ0) is 15.5. The van der Waals surface area contributed by atoms with Gasteiger partial charge < -0.3 is 9.84 Å². The Morgan fingerprint density at radius 2 is 1.95 bits per heavy atom. The molecule has 4 nitrogen and oxygen atoms in total. The van der Waals surface area contributed by atoms with Gasteiger partial charge in [0, 0.05) is 38.2 Å². The molecule has 4 heteroatoms. The van der Waals surface area contributed by atoms with E-state index >= 15 is 0 Å². The van der Waals surface area contributed by atoms with Crippen LogP contribution >= 0.6 is 0 Å². The van der Waals surface area contributed by atoms with Crippen molar-refractivity contribution in [3.63, 3.8) is 0 Å². The molecule has 1 aromatic carbocycles. The molecule has 0 saturated carbocycles. The van der Waals surface area contributed by atoms with Crippen LogP contribution in [0.5, 0.6) is 0 Å². The summed E-state index contributed by atoms with van der Waals surface area (Å²) in [7, 11) is 1.88. The molecular formula is C17H25NO3. The number of aliphatic hydroxyl groups is 1. The summed E-state index contributed by atoms with van der Waals surface area (Å²) in [6, 6.07) is 5.80.